The van der Waals surface area contributed by atoms with E-state index in [2.05, 4.69) is 20.4 Å². The van der Waals surface area contributed by atoms with Gasteiger partial charge in [0, 0.05) is 0 Å². The topological polar surface area (TPSA) is 68.6 Å². The third-order valence-corrected chi connectivity index (χ3v) is 2.03. The Morgan fingerprint density at radius 1 is 1.06 bits per heavy atom. The highest BCUT2D eigenvalue weighted by atomic mass is 19.1. The average Bonchev–Trinajstić information content (AvgIpc) is 2.33. The van der Waals surface area contributed by atoms with Gasteiger partial charge in [-0.2, -0.15) is 0 Å². The summed E-state index contributed by atoms with van der Waals surface area (Å²) in [6, 6.07) is 1.62. The van der Waals surface area contributed by atoms with Crippen molar-refractivity contribution in [1.82, 2.24) is 20.4 Å². The second-order valence-electron chi connectivity index (χ2n) is 3.24. The zero-order valence-corrected chi connectivity index (χ0v) is 8.69. The summed E-state index contributed by atoms with van der Waals surface area (Å²) in [5.74, 6) is -1.47. The Hall–Kier alpha value is -2.31. The molecule has 0 unspecified atom stereocenters. The normalized spacial score (nSPS) is 10.3. The highest BCUT2D eigenvalue weighted by Crippen LogP contribution is 2.21. The molecule has 5 nitrogen and oxygen atoms in total. The maximum absolute atomic E-state index is 13.5. The summed E-state index contributed by atoms with van der Waals surface area (Å²) < 4.78 is 26.8. The molecule has 1 heterocycles. The van der Waals surface area contributed by atoms with E-state index < -0.39 is 11.6 Å². The number of aryl methyl sites for hydroxylation is 1. The number of carbonyl (C=O) groups is 1. The molecule has 2 rings (SSSR count). The van der Waals surface area contributed by atoms with Crippen LogP contribution in [0.2, 0.25) is 0 Å². The number of hydrogen-bond donors (Lipinski definition) is 0. The van der Waals surface area contributed by atoms with E-state index in [1.54, 1.807) is 6.92 Å². The van der Waals surface area contributed by atoms with Gasteiger partial charge < -0.3 is 0 Å². The molecule has 7 heteroatoms. The molecule has 0 fully saturated rings. The standard InChI is InChI=1S/C10H6F2N4O/c1-5-13-15-10(16-14-5)7-3-8(11)6(4-17)2-9(7)12/h2-4H,1H3. The van der Waals surface area contributed by atoms with Crippen LogP contribution >= 0.6 is 0 Å². The predicted octanol–water partition coefficient (Wildman–Crippen LogP) is 1.33. The van der Waals surface area contributed by atoms with Crippen LogP contribution in [0.15, 0.2) is 12.1 Å². The molecule has 0 saturated carbocycles. The SMILES string of the molecule is Cc1nnc(-c2cc(F)c(C=O)cc2F)nn1. The van der Waals surface area contributed by atoms with Crippen molar-refractivity contribution in [1.29, 1.82) is 0 Å². The van der Waals surface area contributed by atoms with E-state index in [4.69, 9.17) is 0 Å². The second kappa shape index (κ2) is 4.28. The molecule has 0 N–H and O–H groups in total. The van der Waals surface area contributed by atoms with Crippen molar-refractivity contribution in [2.45, 2.75) is 6.92 Å². The minimum atomic E-state index is -0.847. The van der Waals surface area contributed by atoms with Crippen molar-refractivity contribution in [2.24, 2.45) is 0 Å². The number of benzene rings is 1. The van der Waals surface area contributed by atoms with E-state index >= 15 is 0 Å². The van der Waals surface area contributed by atoms with Crippen LogP contribution in [0, 0.1) is 18.6 Å². The molecule has 0 saturated heterocycles. The van der Waals surface area contributed by atoms with E-state index in [-0.39, 0.29) is 23.2 Å². The summed E-state index contributed by atoms with van der Waals surface area (Å²) in [7, 11) is 0. The number of aldehydes is 1. The summed E-state index contributed by atoms with van der Waals surface area (Å²) in [6.45, 7) is 1.57. The van der Waals surface area contributed by atoms with Crippen LogP contribution < -0.4 is 0 Å². The summed E-state index contributed by atoms with van der Waals surface area (Å²) in [4.78, 5) is 10.4. The summed E-state index contributed by atoms with van der Waals surface area (Å²) in [5, 5.41) is 14.3. The quantitative estimate of drug-likeness (QED) is 0.736. The zero-order valence-electron chi connectivity index (χ0n) is 8.69. The lowest BCUT2D eigenvalue weighted by Gasteiger charge is -2.02. The van der Waals surface area contributed by atoms with Gasteiger partial charge in [-0.25, -0.2) is 8.78 Å². The Morgan fingerprint density at radius 2 is 1.71 bits per heavy atom. The molecule has 0 aliphatic carbocycles. The number of aromatic nitrogens is 4. The number of halogens is 2. The summed E-state index contributed by atoms with van der Waals surface area (Å²) in [5.41, 5.74) is -0.549. The zero-order chi connectivity index (χ0) is 12.4. The van der Waals surface area contributed by atoms with Crippen LogP contribution in [0.4, 0.5) is 8.78 Å². The highest BCUT2D eigenvalue weighted by Gasteiger charge is 2.14. The van der Waals surface area contributed by atoms with E-state index in [0.717, 1.165) is 12.1 Å². The summed E-state index contributed by atoms with van der Waals surface area (Å²) in [6.07, 6.45) is 0.231. The van der Waals surface area contributed by atoms with E-state index in [9.17, 15) is 13.6 Å². The maximum atomic E-state index is 13.5. The van der Waals surface area contributed by atoms with Gasteiger partial charge in [-0.05, 0) is 19.1 Å². The highest BCUT2D eigenvalue weighted by molar-refractivity contribution is 5.76. The number of nitrogens with zero attached hydrogens (tertiary/aromatic N) is 4. The van der Waals surface area contributed by atoms with Gasteiger partial charge >= 0.3 is 0 Å². The van der Waals surface area contributed by atoms with Gasteiger partial charge in [0.25, 0.3) is 0 Å². The van der Waals surface area contributed by atoms with Gasteiger partial charge in [-0.15, -0.1) is 20.4 Å². The Bertz CT molecular complexity index is 571. The first-order valence-electron chi connectivity index (χ1n) is 4.60. The van der Waals surface area contributed by atoms with Gasteiger partial charge in [-0.3, -0.25) is 4.79 Å². The van der Waals surface area contributed by atoms with Crippen molar-refractivity contribution in [2.75, 3.05) is 0 Å². The third kappa shape index (κ3) is 2.12. The predicted molar refractivity (Wildman–Crippen MR) is 53.1 cm³/mol. The molecule has 0 spiro atoms. The van der Waals surface area contributed by atoms with Crippen LogP contribution in [0.1, 0.15) is 16.2 Å². The lowest BCUT2D eigenvalue weighted by atomic mass is 10.1. The molecule has 1 aromatic heterocycles. The van der Waals surface area contributed by atoms with E-state index in [1.165, 1.54) is 0 Å². The Labute approximate surface area is 94.5 Å². The molecular formula is C10H6F2N4O. The lowest BCUT2D eigenvalue weighted by molar-refractivity contribution is 0.111. The number of carbonyl (C=O) groups excluding carboxylic acids is 1. The molecule has 0 atom stereocenters. The number of hydrogen-bond acceptors (Lipinski definition) is 5. The van der Waals surface area contributed by atoms with E-state index in [1.807, 2.05) is 0 Å². The molecular weight excluding hydrogens is 230 g/mol. The molecule has 2 aromatic rings. The first-order valence-corrected chi connectivity index (χ1v) is 4.60. The minimum absolute atomic E-state index is 0.135. The van der Waals surface area contributed by atoms with Gasteiger partial charge in [0.1, 0.15) is 11.6 Å². The first-order chi connectivity index (χ1) is 8.11. The van der Waals surface area contributed by atoms with Crippen LogP contribution in [-0.4, -0.2) is 26.7 Å². The van der Waals surface area contributed by atoms with Crippen LogP contribution in [0.3, 0.4) is 0 Å². The Balaban J connectivity index is 2.56. The second-order valence-corrected chi connectivity index (χ2v) is 3.24. The monoisotopic (exact) mass is 236 g/mol. The van der Waals surface area contributed by atoms with E-state index in [0.29, 0.717) is 5.82 Å². The smallest absolute Gasteiger partial charge is 0.206 e. The minimum Gasteiger partial charge on any atom is -0.298 e. The van der Waals surface area contributed by atoms with Crippen molar-refractivity contribution < 1.29 is 13.6 Å². The Kier molecular flexibility index (Phi) is 2.82. The number of rotatable bonds is 2. The molecule has 0 aliphatic heterocycles. The molecule has 0 amide bonds. The van der Waals surface area contributed by atoms with Crippen molar-refractivity contribution >= 4 is 6.29 Å². The van der Waals surface area contributed by atoms with Crippen molar-refractivity contribution in [3.63, 3.8) is 0 Å². The van der Waals surface area contributed by atoms with Crippen LogP contribution in [0.5, 0.6) is 0 Å². The molecule has 0 aliphatic rings. The molecule has 0 radical (unpaired) electrons. The van der Waals surface area contributed by atoms with Crippen LogP contribution in [-0.2, 0) is 0 Å². The average molecular weight is 236 g/mol. The molecule has 0 bridgehead atoms. The fraction of sp³-hybridized carbons (Fsp3) is 0.100. The third-order valence-electron chi connectivity index (χ3n) is 2.03. The van der Waals surface area contributed by atoms with Gasteiger partial charge in [0.2, 0.25) is 5.82 Å². The van der Waals surface area contributed by atoms with Gasteiger partial charge in [0.15, 0.2) is 12.1 Å². The van der Waals surface area contributed by atoms with Gasteiger partial charge in [-0.1, -0.05) is 0 Å². The Morgan fingerprint density at radius 3 is 2.29 bits per heavy atom. The first kappa shape index (κ1) is 11.2. The van der Waals surface area contributed by atoms with Gasteiger partial charge in [0.05, 0.1) is 11.1 Å². The maximum Gasteiger partial charge on any atom is 0.206 e. The molecule has 1 aromatic carbocycles. The van der Waals surface area contributed by atoms with Crippen LogP contribution in [0.25, 0.3) is 11.4 Å². The van der Waals surface area contributed by atoms with Crippen molar-refractivity contribution in [3.8, 4) is 11.4 Å². The largest absolute Gasteiger partial charge is 0.298 e. The fourth-order valence-corrected chi connectivity index (χ4v) is 1.21. The molecule has 17 heavy (non-hydrogen) atoms. The summed E-state index contributed by atoms with van der Waals surface area (Å²) >= 11 is 0. The lowest BCUT2D eigenvalue weighted by Crippen LogP contribution is -2.01. The molecule has 86 valence electrons. The fourth-order valence-electron chi connectivity index (χ4n) is 1.21. The van der Waals surface area contributed by atoms with Crippen molar-refractivity contribution in [3.05, 3.63) is 35.2 Å².